The summed E-state index contributed by atoms with van der Waals surface area (Å²) < 4.78 is 11.2. The van der Waals surface area contributed by atoms with Crippen LogP contribution in [0.1, 0.15) is 37.7 Å². The molecule has 0 saturated carbocycles. The normalized spacial score (nSPS) is 18.0. The summed E-state index contributed by atoms with van der Waals surface area (Å²) in [7, 11) is 1.81. The van der Waals surface area contributed by atoms with Crippen LogP contribution in [0.15, 0.2) is 16.5 Å². The van der Waals surface area contributed by atoms with E-state index in [4.69, 9.17) is 9.15 Å². The van der Waals surface area contributed by atoms with Crippen molar-refractivity contribution in [2.75, 3.05) is 26.7 Å². The molecule has 0 radical (unpaired) electrons. The number of rotatable bonds is 7. The van der Waals surface area contributed by atoms with Gasteiger partial charge in [-0.05, 0) is 37.9 Å². The molecule has 0 atom stereocenters. The smallest absolute Gasteiger partial charge is 0.118 e. The van der Waals surface area contributed by atoms with Crippen molar-refractivity contribution in [3.8, 4) is 0 Å². The molecule has 1 aliphatic rings. The molecule has 1 aliphatic heterocycles. The van der Waals surface area contributed by atoms with Gasteiger partial charge in [-0.25, -0.2) is 0 Å². The molecule has 1 saturated heterocycles. The van der Waals surface area contributed by atoms with Crippen LogP contribution < -0.4 is 5.32 Å². The fourth-order valence-corrected chi connectivity index (χ4v) is 2.51. The van der Waals surface area contributed by atoms with Gasteiger partial charge in [0, 0.05) is 20.2 Å². The van der Waals surface area contributed by atoms with Gasteiger partial charge in [-0.1, -0.05) is 6.92 Å². The fourth-order valence-electron chi connectivity index (χ4n) is 2.51. The zero-order chi connectivity index (χ0) is 13.5. The number of likely N-dealkylation sites (tertiary alicyclic amines) is 1. The quantitative estimate of drug-likeness (QED) is 0.769. The highest BCUT2D eigenvalue weighted by atomic mass is 16.5. The summed E-state index contributed by atoms with van der Waals surface area (Å²) in [6.45, 7) is 7.17. The van der Waals surface area contributed by atoms with Gasteiger partial charge in [-0.15, -0.1) is 0 Å². The van der Waals surface area contributed by atoms with E-state index >= 15 is 0 Å². The molecule has 0 aromatic carbocycles. The summed E-state index contributed by atoms with van der Waals surface area (Å²) >= 11 is 0. The summed E-state index contributed by atoms with van der Waals surface area (Å²) in [5.41, 5.74) is 0. The Morgan fingerprint density at radius 3 is 2.74 bits per heavy atom. The van der Waals surface area contributed by atoms with E-state index in [1.165, 1.54) is 0 Å². The van der Waals surface area contributed by atoms with Gasteiger partial charge in [-0.3, -0.25) is 4.90 Å². The molecule has 4 nitrogen and oxygen atoms in total. The lowest BCUT2D eigenvalue weighted by atomic mass is 10.1. The molecule has 0 amide bonds. The lowest BCUT2D eigenvalue weighted by molar-refractivity contribution is 0.0369. The Kier molecular flexibility index (Phi) is 5.89. The zero-order valence-electron chi connectivity index (χ0n) is 12.2. The number of ether oxygens (including phenoxy) is 1. The van der Waals surface area contributed by atoms with Gasteiger partial charge in [0.15, 0.2) is 0 Å². The molecular formula is C15H26N2O2. The Balaban J connectivity index is 1.74. The maximum Gasteiger partial charge on any atom is 0.118 e. The fraction of sp³-hybridized carbons (Fsp3) is 0.733. The highest BCUT2D eigenvalue weighted by molar-refractivity contribution is 5.07. The first kappa shape index (κ1) is 14.6. The Hall–Kier alpha value is -0.840. The van der Waals surface area contributed by atoms with Crippen molar-refractivity contribution < 1.29 is 9.15 Å². The van der Waals surface area contributed by atoms with E-state index < -0.39 is 0 Å². The Morgan fingerprint density at radius 2 is 2.05 bits per heavy atom. The SMILES string of the molecule is CCCNCc1ccc(CN2CCC(OC)CC2)o1. The van der Waals surface area contributed by atoms with Crippen LogP contribution in [0.2, 0.25) is 0 Å². The van der Waals surface area contributed by atoms with E-state index in [1.54, 1.807) is 0 Å². The first-order valence-corrected chi connectivity index (χ1v) is 7.35. The maximum atomic E-state index is 5.85. The third kappa shape index (κ3) is 4.64. The second-order valence-corrected chi connectivity index (χ2v) is 5.26. The second kappa shape index (κ2) is 7.68. The summed E-state index contributed by atoms with van der Waals surface area (Å²) in [5.74, 6) is 2.11. The average molecular weight is 266 g/mol. The Morgan fingerprint density at radius 1 is 1.32 bits per heavy atom. The number of hydrogen-bond acceptors (Lipinski definition) is 4. The lowest BCUT2D eigenvalue weighted by Gasteiger charge is -2.30. The topological polar surface area (TPSA) is 37.6 Å². The molecule has 0 aliphatic carbocycles. The van der Waals surface area contributed by atoms with Crippen LogP contribution in [0.25, 0.3) is 0 Å². The van der Waals surface area contributed by atoms with Gasteiger partial charge in [-0.2, -0.15) is 0 Å². The molecule has 1 aromatic heterocycles. The van der Waals surface area contributed by atoms with Gasteiger partial charge >= 0.3 is 0 Å². The predicted molar refractivity (Wildman–Crippen MR) is 76.0 cm³/mol. The highest BCUT2D eigenvalue weighted by Crippen LogP contribution is 2.17. The highest BCUT2D eigenvalue weighted by Gasteiger charge is 2.19. The van der Waals surface area contributed by atoms with E-state index in [0.717, 1.165) is 63.5 Å². The van der Waals surface area contributed by atoms with Crippen LogP contribution >= 0.6 is 0 Å². The second-order valence-electron chi connectivity index (χ2n) is 5.26. The Labute approximate surface area is 116 Å². The van der Waals surface area contributed by atoms with Crippen molar-refractivity contribution in [1.82, 2.24) is 10.2 Å². The van der Waals surface area contributed by atoms with Crippen molar-refractivity contribution in [3.05, 3.63) is 23.7 Å². The van der Waals surface area contributed by atoms with Crippen molar-refractivity contribution in [2.24, 2.45) is 0 Å². The number of nitrogens with one attached hydrogen (secondary N) is 1. The van der Waals surface area contributed by atoms with E-state index in [-0.39, 0.29) is 0 Å². The molecule has 108 valence electrons. The number of furan rings is 1. The van der Waals surface area contributed by atoms with Crippen LogP contribution in [0.4, 0.5) is 0 Å². The van der Waals surface area contributed by atoms with Crippen molar-refractivity contribution in [3.63, 3.8) is 0 Å². The average Bonchev–Trinajstić information content (AvgIpc) is 2.88. The standard InChI is InChI=1S/C15H26N2O2/c1-3-8-16-11-14-4-5-15(19-14)12-17-9-6-13(18-2)7-10-17/h4-5,13,16H,3,6-12H2,1-2H3. The molecule has 4 heteroatoms. The van der Waals surface area contributed by atoms with Crippen molar-refractivity contribution in [1.29, 1.82) is 0 Å². The van der Waals surface area contributed by atoms with Gasteiger partial charge in [0.2, 0.25) is 0 Å². The minimum absolute atomic E-state index is 0.446. The first-order chi connectivity index (χ1) is 9.31. The van der Waals surface area contributed by atoms with E-state index in [9.17, 15) is 0 Å². The third-order valence-corrected chi connectivity index (χ3v) is 3.69. The van der Waals surface area contributed by atoms with Crippen LogP contribution in [0, 0.1) is 0 Å². The molecule has 1 N–H and O–H groups in total. The summed E-state index contributed by atoms with van der Waals surface area (Å²) in [6, 6.07) is 4.19. The van der Waals surface area contributed by atoms with Crippen molar-refractivity contribution >= 4 is 0 Å². The first-order valence-electron chi connectivity index (χ1n) is 7.35. The molecule has 0 unspecified atom stereocenters. The molecule has 1 fully saturated rings. The molecule has 2 heterocycles. The van der Waals surface area contributed by atoms with Crippen LogP contribution in [0.5, 0.6) is 0 Å². The van der Waals surface area contributed by atoms with Gasteiger partial charge in [0.25, 0.3) is 0 Å². The van der Waals surface area contributed by atoms with E-state index in [1.807, 2.05) is 7.11 Å². The Bertz CT molecular complexity index is 357. The molecule has 2 rings (SSSR count). The zero-order valence-corrected chi connectivity index (χ0v) is 12.2. The van der Waals surface area contributed by atoms with Crippen LogP contribution in [-0.4, -0.2) is 37.7 Å². The van der Waals surface area contributed by atoms with Gasteiger partial charge in [0.05, 0.1) is 19.2 Å². The lowest BCUT2D eigenvalue weighted by Crippen LogP contribution is -2.36. The maximum absolute atomic E-state index is 5.85. The van der Waals surface area contributed by atoms with Crippen molar-refractivity contribution in [2.45, 2.75) is 45.4 Å². The van der Waals surface area contributed by atoms with Crippen LogP contribution in [0.3, 0.4) is 0 Å². The monoisotopic (exact) mass is 266 g/mol. The summed E-state index contributed by atoms with van der Waals surface area (Å²) in [6.07, 6.45) is 3.85. The number of piperidine rings is 1. The van der Waals surface area contributed by atoms with Gasteiger partial charge in [0.1, 0.15) is 11.5 Å². The summed E-state index contributed by atoms with van der Waals surface area (Å²) in [4.78, 5) is 2.44. The van der Waals surface area contributed by atoms with Gasteiger partial charge < -0.3 is 14.5 Å². The third-order valence-electron chi connectivity index (χ3n) is 3.69. The number of methoxy groups -OCH3 is 1. The minimum atomic E-state index is 0.446. The minimum Gasteiger partial charge on any atom is -0.463 e. The molecule has 0 bridgehead atoms. The molecule has 0 spiro atoms. The molecule has 19 heavy (non-hydrogen) atoms. The van der Waals surface area contributed by atoms with Crippen LogP contribution in [-0.2, 0) is 17.8 Å². The van der Waals surface area contributed by atoms with E-state index in [2.05, 4.69) is 29.3 Å². The predicted octanol–water partition coefficient (Wildman–Crippen LogP) is 2.39. The molecule has 1 aromatic rings. The largest absolute Gasteiger partial charge is 0.463 e. The summed E-state index contributed by atoms with van der Waals surface area (Å²) in [5, 5.41) is 3.36. The number of hydrogen-bond donors (Lipinski definition) is 1. The number of nitrogens with zero attached hydrogens (tertiary/aromatic N) is 1. The molecular weight excluding hydrogens is 240 g/mol. The van der Waals surface area contributed by atoms with E-state index in [0.29, 0.717) is 6.10 Å².